The first kappa shape index (κ1) is 22.9. The Labute approximate surface area is 178 Å². The molecule has 0 bridgehead atoms. The fourth-order valence-corrected chi connectivity index (χ4v) is 3.43. The summed E-state index contributed by atoms with van der Waals surface area (Å²) >= 11 is 0. The van der Waals surface area contributed by atoms with Crippen molar-refractivity contribution >= 4 is 17.4 Å². The van der Waals surface area contributed by atoms with Crippen molar-refractivity contribution < 1.29 is 27.1 Å². The molecule has 1 fully saturated rings. The molecule has 1 aliphatic heterocycles. The molecule has 0 aliphatic carbocycles. The van der Waals surface area contributed by atoms with E-state index in [0.29, 0.717) is 17.8 Å². The van der Waals surface area contributed by atoms with Crippen LogP contribution in [0.15, 0.2) is 54.6 Å². The molecule has 0 saturated carbocycles. The number of nitrogens with one attached hydrogen (secondary N) is 2. The van der Waals surface area contributed by atoms with Gasteiger partial charge in [-0.2, -0.15) is 8.78 Å². The van der Waals surface area contributed by atoms with Gasteiger partial charge in [-0.05, 0) is 42.7 Å². The first-order valence-corrected chi connectivity index (χ1v) is 10.0. The molecule has 3 rings (SSSR count). The summed E-state index contributed by atoms with van der Waals surface area (Å²) in [7, 11) is 0. The number of para-hydroxylation sites is 1. The third kappa shape index (κ3) is 6.85. The van der Waals surface area contributed by atoms with E-state index in [4.69, 9.17) is 4.74 Å². The van der Waals surface area contributed by atoms with Gasteiger partial charge in [0.25, 0.3) is 0 Å². The number of alkyl halides is 4. The number of hydrogen-bond acceptors (Lipinski definition) is 3. The minimum absolute atomic E-state index is 0.0166. The minimum atomic E-state index is -4.19. The van der Waals surface area contributed by atoms with Gasteiger partial charge in [-0.3, -0.25) is 0 Å². The average Bonchev–Trinajstić information content (AvgIpc) is 2.74. The highest BCUT2D eigenvalue weighted by molar-refractivity contribution is 5.89. The Balaban J connectivity index is 1.48. The Hall–Kier alpha value is -2.81. The maximum atomic E-state index is 12.9. The van der Waals surface area contributed by atoms with Crippen molar-refractivity contribution in [3.8, 4) is 0 Å². The zero-order valence-corrected chi connectivity index (χ0v) is 16.9. The van der Waals surface area contributed by atoms with E-state index in [0.717, 1.165) is 25.1 Å². The molecule has 5 nitrogen and oxygen atoms in total. The Morgan fingerprint density at radius 3 is 2.68 bits per heavy atom. The van der Waals surface area contributed by atoms with Gasteiger partial charge in [-0.1, -0.05) is 30.3 Å². The molecule has 1 heterocycles. The zero-order valence-electron chi connectivity index (χ0n) is 16.9. The van der Waals surface area contributed by atoms with E-state index >= 15 is 0 Å². The summed E-state index contributed by atoms with van der Waals surface area (Å²) in [5.74, 6) is -4.19. The normalized spacial score (nSPS) is 16.9. The number of benzene rings is 2. The molecule has 2 aromatic rings. The fraction of sp³-hybridized carbons (Fsp3) is 0.409. The summed E-state index contributed by atoms with van der Waals surface area (Å²) < 4.78 is 54.9. The molecule has 1 saturated heterocycles. The Morgan fingerprint density at radius 1 is 1.16 bits per heavy atom. The van der Waals surface area contributed by atoms with Crippen LogP contribution in [0.5, 0.6) is 0 Å². The molecule has 0 spiro atoms. The number of piperidine rings is 1. The van der Waals surface area contributed by atoms with Gasteiger partial charge in [0, 0.05) is 30.5 Å². The number of halogens is 4. The highest BCUT2D eigenvalue weighted by Crippen LogP contribution is 2.24. The number of carbonyl (C=O) groups excluding carboxylic acids is 1. The van der Waals surface area contributed by atoms with Crippen molar-refractivity contribution in [2.24, 2.45) is 0 Å². The molecule has 9 heteroatoms. The van der Waals surface area contributed by atoms with Crippen LogP contribution in [-0.2, 0) is 11.3 Å². The molecular weight excluding hydrogens is 414 g/mol. The molecule has 2 N–H and O–H groups in total. The van der Waals surface area contributed by atoms with Gasteiger partial charge < -0.3 is 20.3 Å². The van der Waals surface area contributed by atoms with Gasteiger partial charge >= 0.3 is 18.4 Å². The van der Waals surface area contributed by atoms with E-state index in [-0.39, 0.29) is 18.7 Å². The highest BCUT2D eigenvalue weighted by atomic mass is 19.3. The lowest BCUT2D eigenvalue weighted by Gasteiger charge is -2.34. The van der Waals surface area contributed by atoms with Gasteiger partial charge in [0.1, 0.15) is 6.61 Å². The summed E-state index contributed by atoms with van der Waals surface area (Å²) in [5.41, 5.74) is 2.05. The number of hydrogen-bond donors (Lipinski definition) is 2. The van der Waals surface area contributed by atoms with Crippen LogP contribution in [0.4, 0.5) is 33.7 Å². The van der Waals surface area contributed by atoms with Crippen LogP contribution >= 0.6 is 0 Å². The van der Waals surface area contributed by atoms with E-state index in [1.54, 1.807) is 24.3 Å². The predicted octanol–water partition coefficient (Wildman–Crippen LogP) is 4.89. The maximum Gasteiger partial charge on any atom is 0.330 e. The van der Waals surface area contributed by atoms with E-state index in [1.165, 1.54) is 0 Å². The van der Waals surface area contributed by atoms with E-state index in [9.17, 15) is 22.4 Å². The number of rotatable bonds is 8. The standard InChI is InChI=1S/C22H25F4N3O2/c23-20(24)22(25,26)15-31-14-16-6-4-7-17(12-16)27-21(30)28-18-8-5-11-29(13-18)19-9-2-1-3-10-19/h1-4,6-7,9-10,12,18,20H,5,8,11,13-15H2,(H2,27,28,30). The van der Waals surface area contributed by atoms with Crippen molar-refractivity contribution in [1.82, 2.24) is 5.32 Å². The third-order valence-electron chi connectivity index (χ3n) is 4.95. The van der Waals surface area contributed by atoms with Crippen LogP contribution in [0.2, 0.25) is 0 Å². The van der Waals surface area contributed by atoms with Gasteiger partial charge in [-0.25, -0.2) is 13.6 Å². The van der Waals surface area contributed by atoms with Crippen LogP contribution in [0.1, 0.15) is 18.4 Å². The molecule has 1 unspecified atom stereocenters. The molecule has 2 aromatic carbocycles. The number of nitrogens with zero attached hydrogens (tertiary/aromatic N) is 1. The van der Waals surface area contributed by atoms with Crippen LogP contribution in [0.25, 0.3) is 0 Å². The number of urea groups is 1. The second-order valence-corrected chi connectivity index (χ2v) is 7.47. The maximum absolute atomic E-state index is 12.9. The van der Waals surface area contributed by atoms with Crippen LogP contribution in [0.3, 0.4) is 0 Å². The van der Waals surface area contributed by atoms with E-state index in [1.807, 2.05) is 30.3 Å². The van der Waals surface area contributed by atoms with E-state index in [2.05, 4.69) is 15.5 Å². The summed E-state index contributed by atoms with van der Waals surface area (Å²) in [6.45, 7) is -0.0172. The SMILES string of the molecule is O=C(Nc1cccc(COCC(F)(F)C(F)F)c1)NC1CCCN(c2ccccc2)C1. The number of anilines is 2. The second-order valence-electron chi connectivity index (χ2n) is 7.47. The zero-order chi connectivity index (χ0) is 22.3. The van der Waals surface area contributed by atoms with Crippen LogP contribution < -0.4 is 15.5 Å². The van der Waals surface area contributed by atoms with Gasteiger partial charge in [-0.15, -0.1) is 0 Å². The molecule has 1 atom stereocenters. The highest BCUT2D eigenvalue weighted by Gasteiger charge is 2.40. The van der Waals surface area contributed by atoms with Gasteiger partial charge in [0.15, 0.2) is 0 Å². The molecular formula is C22H25F4N3O2. The second kappa shape index (κ2) is 10.5. The first-order valence-electron chi connectivity index (χ1n) is 10.0. The summed E-state index contributed by atoms with van der Waals surface area (Å²) in [6, 6.07) is 16.0. The predicted molar refractivity (Wildman–Crippen MR) is 111 cm³/mol. The number of carbonyl (C=O) groups is 1. The van der Waals surface area contributed by atoms with Crippen molar-refractivity contribution in [2.75, 3.05) is 29.9 Å². The molecule has 31 heavy (non-hydrogen) atoms. The van der Waals surface area contributed by atoms with E-state index < -0.39 is 19.0 Å². The quantitative estimate of drug-likeness (QED) is 0.576. The topological polar surface area (TPSA) is 53.6 Å². The Kier molecular flexibility index (Phi) is 7.73. The largest absolute Gasteiger partial charge is 0.370 e. The lowest BCUT2D eigenvalue weighted by molar-refractivity contribution is -0.168. The summed E-state index contributed by atoms with van der Waals surface area (Å²) in [4.78, 5) is 14.6. The summed E-state index contributed by atoms with van der Waals surface area (Å²) in [6.07, 6.45) is -1.96. The van der Waals surface area contributed by atoms with Crippen molar-refractivity contribution in [2.45, 2.75) is 37.8 Å². The lowest BCUT2D eigenvalue weighted by atomic mass is 10.1. The molecule has 0 aromatic heterocycles. The van der Waals surface area contributed by atoms with Crippen molar-refractivity contribution in [3.63, 3.8) is 0 Å². The Bertz CT molecular complexity index is 852. The summed E-state index contributed by atoms with van der Waals surface area (Å²) in [5, 5.41) is 5.67. The first-order chi connectivity index (χ1) is 14.8. The third-order valence-corrected chi connectivity index (χ3v) is 4.95. The fourth-order valence-electron chi connectivity index (χ4n) is 3.43. The molecule has 0 radical (unpaired) electrons. The monoisotopic (exact) mass is 439 g/mol. The lowest BCUT2D eigenvalue weighted by Crippen LogP contribution is -2.49. The van der Waals surface area contributed by atoms with Gasteiger partial charge in [0.05, 0.1) is 6.61 Å². The smallest absolute Gasteiger partial charge is 0.330 e. The van der Waals surface area contributed by atoms with Crippen LogP contribution in [-0.4, -0.2) is 44.1 Å². The molecule has 1 aliphatic rings. The van der Waals surface area contributed by atoms with Crippen LogP contribution in [0, 0.1) is 0 Å². The molecule has 168 valence electrons. The number of ether oxygens (including phenoxy) is 1. The van der Waals surface area contributed by atoms with Crippen molar-refractivity contribution in [3.05, 3.63) is 60.2 Å². The number of amides is 2. The average molecular weight is 439 g/mol. The molecule has 2 amide bonds. The minimum Gasteiger partial charge on any atom is -0.370 e. The van der Waals surface area contributed by atoms with Crippen molar-refractivity contribution in [1.29, 1.82) is 0 Å². The van der Waals surface area contributed by atoms with Gasteiger partial charge in [0.2, 0.25) is 0 Å². The Morgan fingerprint density at radius 2 is 1.94 bits per heavy atom.